The summed E-state index contributed by atoms with van der Waals surface area (Å²) in [5.74, 6) is -0.295. The molecule has 0 aromatic carbocycles. The summed E-state index contributed by atoms with van der Waals surface area (Å²) >= 11 is 7.18. The number of carbonyl (C=O) groups is 1. The number of carbonyl (C=O) groups excluding carboxylic acids is 1. The number of thiazole rings is 1. The molecule has 0 unspecified atom stereocenters. The maximum absolute atomic E-state index is 12.5. The van der Waals surface area contributed by atoms with Crippen molar-refractivity contribution < 1.29 is 9.90 Å². The number of hydrogen-bond donors (Lipinski definition) is 4. The first kappa shape index (κ1) is 17.6. The smallest absolute Gasteiger partial charge is 0.268 e. The van der Waals surface area contributed by atoms with Gasteiger partial charge in [-0.1, -0.05) is 11.6 Å². The Labute approximate surface area is 152 Å². The molecule has 0 spiro atoms. The standard InChI is InChI=1S/C16H16ClN5O2S/c17-9-1-2-11(19-6-9)12-3-4-13(21-12)15(24)22-14(5-18)16-20-10(7-23)8-25-16/h1-4,6,8,14,21,23H,5,7,18H2,(H,22,24)/t14-/m0/s1. The fourth-order valence-corrected chi connectivity index (χ4v) is 3.21. The molecule has 9 heteroatoms. The van der Waals surface area contributed by atoms with Crippen LogP contribution in [0.25, 0.3) is 11.4 Å². The summed E-state index contributed by atoms with van der Waals surface area (Å²) in [6.07, 6.45) is 1.54. The topological polar surface area (TPSA) is 117 Å². The van der Waals surface area contributed by atoms with E-state index in [-0.39, 0.29) is 19.1 Å². The summed E-state index contributed by atoms with van der Waals surface area (Å²) in [7, 11) is 0. The first-order chi connectivity index (χ1) is 12.1. The van der Waals surface area contributed by atoms with Crippen LogP contribution in [-0.2, 0) is 6.61 Å². The Morgan fingerprint density at radius 3 is 2.88 bits per heavy atom. The van der Waals surface area contributed by atoms with Crippen molar-refractivity contribution in [2.75, 3.05) is 6.54 Å². The number of nitrogens with zero attached hydrogens (tertiary/aromatic N) is 2. The summed E-state index contributed by atoms with van der Waals surface area (Å²) in [5, 5.41) is 14.9. The van der Waals surface area contributed by atoms with Crippen LogP contribution in [0, 0.1) is 0 Å². The predicted molar refractivity (Wildman–Crippen MR) is 96.3 cm³/mol. The maximum Gasteiger partial charge on any atom is 0.268 e. The molecule has 0 saturated carbocycles. The molecule has 0 saturated heterocycles. The highest BCUT2D eigenvalue weighted by atomic mass is 35.5. The van der Waals surface area contributed by atoms with E-state index in [0.717, 1.165) is 0 Å². The van der Waals surface area contributed by atoms with Crippen LogP contribution >= 0.6 is 22.9 Å². The van der Waals surface area contributed by atoms with E-state index in [0.29, 0.717) is 32.8 Å². The number of amides is 1. The zero-order valence-electron chi connectivity index (χ0n) is 13.1. The highest BCUT2D eigenvalue weighted by Gasteiger charge is 2.19. The maximum atomic E-state index is 12.5. The normalized spacial score (nSPS) is 12.1. The second-order valence-corrected chi connectivity index (χ2v) is 6.57. The molecule has 130 valence electrons. The van der Waals surface area contributed by atoms with Crippen LogP contribution in [0.2, 0.25) is 5.02 Å². The van der Waals surface area contributed by atoms with Gasteiger partial charge in [0.2, 0.25) is 0 Å². The molecule has 3 rings (SSSR count). The highest BCUT2D eigenvalue weighted by molar-refractivity contribution is 7.09. The lowest BCUT2D eigenvalue weighted by Gasteiger charge is -2.13. The highest BCUT2D eigenvalue weighted by Crippen LogP contribution is 2.20. The number of pyridine rings is 1. The van der Waals surface area contributed by atoms with Gasteiger partial charge in [-0.05, 0) is 24.3 Å². The van der Waals surface area contributed by atoms with Gasteiger partial charge in [-0.15, -0.1) is 11.3 Å². The number of halogens is 1. The van der Waals surface area contributed by atoms with Gasteiger partial charge in [-0.3, -0.25) is 9.78 Å². The molecular weight excluding hydrogens is 362 g/mol. The number of nitrogens with one attached hydrogen (secondary N) is 2. The van der Waals surface area contributed by atoms with Crippen LogP contribution in [0.1, 0.15) is 27.2 Å². The average molecular weight is 378 g/mol. The van der Waals surface area contributed by atoms with E-state index in [1.165, 1.54) is 11.3 Å². The van der Waals surface area contributed by atoms with Crippen LogP contribution < -0.4 is 11.1 Å². The Hall–Kier alpha value is -2.26. The van der Waals surface area contributed by atoms with Gasteiger partial charge in [-0.25, -0.2) is 4.98 Å². The Kier molecular flexibility index (Phi) is 5.44. The summed E-state index contributed by atoms with van der Waals surface area (Å²) in [5.41, 5.74) is 8.10. The lowest BCUT2D eigenvalue weighted by molar-refractivity contribution is 0.0933. The molecule has 3 heterocycles. The molecule has 7 nitrogen and oxygen atoms in total. The van der Waals surface area contributed by atoms with Gasteiger partial charge in [0.1, 0.15) is 10.7 Å². The van der Waals surface area contributed by atoms with Gasteiger partial charge < -0.3 is 21.1 Å². The number of aliphatic hydroxyl groups is 1. The number of H-pyrrole nitrogens is 1. The van der Waals surface area contributed by atoms with Crippen molar-refractivity contribution in [3.63, 3.8) is 0 Å². The van der Waals surface area contributed by atoms with Crippen LogP contribution in [0.5, 0.6) is 0 Å². The third kappa shape index (κ3) is 4.05. The van der Waals surface area contributed by atoms with Crippen LogP contribution in [-0.4, -0.2) is 32.5 Å². The second-order valence-electron chi connectivity index (χ2n) is 5.24. The Morgan fingerprint density at radius 1 is 1.40 bits per heavy atom. The minimum Gasteiger partial charge on any atom is -0.390 e. The molecule has 1 amide bonds. The second kappa shape index (κ2) is 7.75. The molecule has 3 aromatic rings. The lowest BCUT2D eigenvalue weighted by Crippen LogP contribution is -2.33. The van der Waals surface area contributed by atoms with E-state index >= 15 is 0 Å². The minimum atomic E-state index is -0.418. The Balaban J connectivity index is 1.73. The number of aromatic amines is 1. The summed E-state index contributed by atoms with van der Waals surface area (Å²) in [6.45, 7) is 0.0618. The predicted octanol–water partition coefficient (Wildman–Crippen LogP) is 2.11. The van der Waals surface area contributed by atoms with Crippen molar-refractivity contribution in [1.82, 2.24) is 20.3 Å². The van der Waals surface area contributed by atoms with Crippen molar-refractivity contribution in [2.45, 2.75) is 12.6 Å². The first-order valence-electron chi connectivity index (χ1n) is 7.47. The first-order valence-corrected chi connectivity index (χ1v) is 8.73. The zero-order valence-corrected chi connectivity index (χ0v) is 14.6. The van der Waals surface area contributed by atoms with Gasteiger partial charge in [0.05, 0.1) is 34.8 Å². The quantitative estimate of drug-likeness (QED) is 0.525. The molecule has 0 bridgehead atoms. The number of rotatable bonds is 6. The molecule has 1 atom stereocenters. The summed E-state index contributed by atoms with van der Waals surface area (Å²) in [4.78, 5) is 23.9. The van der Waals surface area contributed by atoms with Crippen molar-refractivity contribution in [3.8, 4) is 11.4 Å². The third-order valence-corrected chi connectivity index (χ3v) is 4.74. The van der Waals surface area contributed by atoms with Crippen molar-refractivity contribution in [2.24, 2.45) is 5.73 Å². The van der Waals surface area contributed by atoms with Gasteiger partial charge in [0, 0.05) is 18.1 Å². The minimum absolute atomic E-state index is 0.143. The van der Waals surface area contributed by atoms with Crippen LogP contribution in [0.15, 0.2) is 35.8 Å². The molecule has 0 radical (unpaired) electrons. The van der Waals surface area contributed by atoms with E-state index in [4.69, 9.17) is 22.4 Å². The number of aliphatic hydroxyl groups excluding tert-OH is 1. The molecule has 0 aliphatic rings. The van der Waals surface area contributed by atoms with E-state index in [1.807, 2.05) is 0 Å². The van der Waals surface area contributed by atoms with Crippen molar-refractivity contribution in [3.05, 3.63) is 57.3 Å². The molecule has 0 fully saturated rings. The van der Waals surface area contributed by atoms with Crippen molar-refractivity contribution in [1.29, 1.82) is 0 Å². The van der Waals surface area contributed by atoms with E-state index < -0.39 is 6.04 Å². The number of nitrogens with two attached hydrogens (primary N) is 1. The summed E-state index contributed by atoms with van der Waals surface area (Å²) < 4.78 is 0. The largest absolute Gasteiger partial charge is 0.390 e. The lowest BCUT2D eigenvalue weighted by atomic mass is 10.3. The molecule has 5 N–H and O–H groups in total. The number of aromatic nitrogens is 3. The SMILES string of the molecule is NC[C@H](NC(=O)c1ccc(-c2ccc(Cl)cn2)[nH]1)c1nc(CO)cs1. The zero-order chi connectivity index (χ0) is 17.8. The fourth-order valence-electron chi connectivity index (χ4n) is 2.22. The molecule has 0 aliphatic carbocycles. The fraction of sp³-hybridized carbons (Fsp3) is 0.188. The van der Waals surface area contributed by atoms with Gasteiger partial charge in [-0.2, -0.15) is 0 Å². The molecule has 0 aliphatic heterocycles. The van der Waals surface area contributed by atoms with Gasteiger partial charge in [0.25, 0.3) is 5.91 Å². The van der Waals surface area contributed by atoms with Crippen LogP contribution in [0.4, 0.5) is 0 Å². The van der Waals surface area contributed by atoms with E-state index in [2.05, 4.69) is 20.3 Å². The Morgan fingerprint density at radius 2 is 2.24 bits per heavy atom. The Bertz CT molecular complexity index is 862. The monoisotopic (exact) mass is 377 g/mol. The summed E-state index contributed by atoms with van der Waals surface area (Å²) in [6, 6.07) is 6.53. The number of hydrogen-bond acceptors (Lipinski definition) is 6. The molecule has 3 aromatic heterocycles. The average Bonchev–Trinajstić information content (AvgIpc) is 3.29. The third-order valence-electron chi connectivity index (χ3n) is 3.50. The van der Waals surface area contributed by atoms with Gasteiger partial charge >= 0.3 is 0 Å². The van der Waals surface area contributed by atoms with E-state index in [9.17, 15) is 4.79 Å². The van der Waals surface area contributed by atoms with Crippen molar-refractivity contribution >= 4 is 28.8 Å². The van der Waals surface area contributed by atoms with Crippen LogP contribution in [0.3, 0.4) is 0 Å². The van der Waals surface area contributed by atoms with Gasteiger partial charge in [0.15, 0.2) is 0 Å². The molecule has 25 heavy (non-hydrogen) atoms. The van der Waals surface area contributed by atoms with E-state index in [1.54, 1.807) is 35.8 Å². The molecular formula is C16H16ClN5O2S.